The van der Waals surface area contributed by atoms with E-state index in [1.165, 1.54) is 0 Å². The number of carboxylic acid groups (broad SMARTS) is 1. The maximum atomic E-state index is 10.7. The van der Waals surface area contributed by atoms with E-state index in [1.54, 1.807) is 6.08 Å². The van der Waals surface area contributed by atoms with Gasteiger partial charge in [0, 0.05) is 5.56 Å². The van der Waals surface area contributed by atoms with Crippen LogP contribution in [0.2, 0.25) is 0 Å². The van der Waals surface area contributed by atoms with E-state index in [9.17, 15) is 9.90 Å². The van der Waals surface area contributed by atoms with Crippen molar-refractivity contribution in [1.82, 2.24) is 0 Å². The van der Waals surface area contributed by atoms with Crippen LogP contribution < -0.4 is 5.11 Å². The zero-order chi connectivity index (χ0) is 12.2. The number of aliphatic carboxylic acids is 1. The molecule has 1 aromatic rings. The van der Waals surface area contributed by atoms with Gasteiger partial charge in [-0.05, 0) is 6.08 Å². The summed E-state index contributed by atoms with van der Waals surface area (Å²) in [6, 6.07) is 9.71. The Bertz CT molecular complexity index is 371. The van der Waals surface area contributed by atoms with Crippen molar-refractivity contribution in [2.45, 2.75) is 6.04 Å². The van der Waals surface area contributed by atoms with Gasteiger partial charge < -0.3 is 14.4 Å². The highest BCUT2D eigenvalue weighted by Crippen LogP contribution is 2.25. The molecule has 1 aromatic carbocycles. The number of carbonyl (C=O) groups is 1. The molecule has 0 aliphatic carbocycles. The average Bonchev–Trinajstić information content (AvgIpc) is 2.17. The van der Waals surface area contributed by atoms with Gasteiger partial charge in [-0.15, -0.1) is 0 Å². The fraction of sp³-hybridized carbons (Fsp3) is 0.308. The van der Waals surface area contributed by atoms with Crippen LogP contribution in [0.1, 0.15) is 11.6 Å². The summed E-state index contributed by atoms with van der Waals surface area (Å²) in [6.07, 6.45) is 1.78. The predicted octanol–water partition coefficient (Wildman–Crippen LogP) is 0.740. The Morgan fingerprint density at radius 1 is 1.44 bits per heavy atom. The van der Waals surface area contributed by atoms with E-state index >= 15 is 0 Å². The van der Waals surface area contributed by atoms with E-state index in [2.05, 4.69) is 6.58 Å². The van der Waals surface area contributed by atoms with Gasteiger partial charge in [0.15, 0.2) is 0 Å². The number of benzene rings is 1. The summed E-state index contributed by atoms with van der Waals surface area (Å²) in [6.45, 7) is 3.75. The van der Waals surface area contributed by atoms with Crippen LogP contribution in [-0.2, 0) is 4.79 Å². The topological polar surface area (TPSA) is 40.1 Å². The number of likely N-dealkylation sites (N-methyl/N-ethyl adjacent to an activating group) is 1. The van der Waals surface area contributed by atoms with Crippen molar-refractivity contribution in [2.75, 3.05) is 20.6 Å². The van der Waals surface area contributed by atoms with Crippen molar-refractivity contribution < 1.29 is 14.4 Å². The molecule has 0 radical (unpaired) electrons. The second-order valence-electron chi connectivity index (χ2n) is 4.40. The highest BCUT2D eigenvalue weighted by atomic mass is 16.4. The van der Waals surface area contributed by atoms with Gasteiger partial charge in [-0.1, -0.05) is 36.9 Å². The van der Waals surface area contributed by atoms with E-state index in [1.807, 2.05) is 44.4 Å². The van der Waals surface area contributed by atoms with Crippen molar-refractivity contribution in [3.05, 3.63) is 48.6 Å². The Balaban J connectivity index is 2.98. The quantitative estimate of drug-likeness (QED) is 0.541. The zero-order valence-electron chi connectivity index (χ0n) is 9.72. The Labute approximate surface area is 96.2 Å². The molecule has 0 fully saturated rings. The summed E-state index contributed by atoms with van der Waals surface area (Å²) < 4.78 is 0.301. The van der Waals surface area contributed by atoms with Crippen molar-refractivity contribution in [1.29, 1.82) is 0 Å². The smallest absolute Gasteiger partial charge is 0.133 e. The Morgan fingerprint density at radius 3 is 2.44 bits per heavy atom. The molecule has 0 aromatic heterocycles. The summed E-state index contributed by atoms with van der Waals surface area (Å²) in [4.78, 5) is 10.7. The monoisotopic (exact) mass is 219 g/mol. The summed E-state index contributed by atoms with van der Waals surface area (Å²) in [5.41, 5.74) is 1.06. The second-order valence-corrected chi connectivity index (χ2v) is 4.40. The van der Waals surface area contributed by atoms with Gasteiger partial charge in [-0.25, -0.2) is 0 Å². The molecular weight excluding hydrogens is 202 g/mol. The minimum atomic E-state index is -1.05. The molecule has 0 bridgehead atoms. The normalized spacial score (nSPS) is 13.1. The molecule has 0 aliphatic rings. The first-order chi connectivity index (χ1) is 7.47. The zero-order valence-corrected chi connectivity index (χ0v) is 9.72. The molecule has 0 aliphatic heterocycles. The average molecular weight is 219 g/mol. The third-order valence-corrected chi connectivity index (χ3v) is 2.65. The molecule has 0 amide bonds. The van der Waals surface area contributed by atoms with Crippen LogP contribution in [0.5, 0.6) is 0 Å². The molecule has 0 spiro atoms. The molecule has 3 heteroatoms. The lowest BCUT2D eigenvalue weighted by atomic mass is 10.0. The van der Waals surface area contributed by atoms with Crippen LogP contribution in [0.15, 0.2) is 43.0 Å². The number of hydrogen-bond acceptors (Lipinski definition) is 2. The van der Waals surface area contributed by atoms with Crippen LogP contribution in [0.3, 0.4) is 0 Å². The summed E-state index contributed by atoms with van der Waals surface area (Å²) in [5, 5.41) is 10.7. The summed E-state index contributed by atoms with van der Waals surface area (Å²) in [7, 11) is 3.71. The number of rotatable bonds is 5. The van der Waals surface area contributed by atoms with E-state index < -0.39 is 5.97 Å². The molecule has 0 N–H and O–H groups in total. The number of carbonyl (C=O) groups excluding carboxylic acids is 1. The van der Waals surface area contributed by atoms with Gasteiger partial charge in [0.2, 0.25) is 0 Å². The number of quaternary nitrogens is 1. The fourth-order valence-electron chi connectivity index (χ4n) is 1.91. The summed E-state index contributed by atoms with van der Waals surface area (Å²) in [5.74, 6) is -1.05. The predicted molar refractivity (Wildman–Crippen MR) is 61.4 cm³/mol. The SMILES string of the molecule is C=CC(c1ccccc1)[N+](C)(C)CC(=O)[O-]. The highest BCUT2D eigenvalue weighted by Gasteiger charge is 2.26. The molecule has 86 valence electrons. The van der Waals surface area contributed by atoms with Crippen molar-refractivity contribution >= 4 is 5.97 Å². The third-order valence-electron chi connectivity index (χ3n) is 2.65. The first kappa shape index (κ1) is 12.5. The molecule has 0 heterocycles. The fourth-order valence-corrected chi connectivity index (χ4v) is 1.91. The molecule has 3 nitrogen and oxygen atoms in total. The molecule has 1 rings (SSSR count). The van der Waals surface area contributed by atoms with Crippen LogP contribution >= 0.6 is 0 Å². The lowest BCUT2D eigenvalue weighted by Crippen LogP contribution is -2.49. The second kappa shape index (κ2) is 4.94. The van der Waals surface area contributed by atoms with Gasteiger partial charge in [-0.3, -0.25) is 0 Å². The number of hydrogen-bond donors (Lipinski definition) is 0. The third kappa shape index (κ3) is 2.94. The van der Waals surface area contributed by atoms with Gasteiger partial charge in [0.1, 0.15) is 12.6 Å². The van der Waals surface area contributed by atoms with Crippen LogP contribution in [-0.4, -0.2) is 31.1 Å². The van der Waals surface area contributed by atoms with Gasteiger partial charge >= 0.3 is 0 Å². The molecule has 0 saturated heterocycles. The molecule has 1 unspecified atom stereocenters. The lowest BCUT2D eigenvalue weighted by molar-refractivity contribution is -0.908. The van der Waals surface area contributed by atoms with Crippen molar-refractivity contribution in [3.63, 3.8) is 0 Å². The first-order valence-electron chi connectivity index (χ1n) is 5.17. The van der Waals surface area contributed by atoms with E-state index in [4.69, 9.17) is 0 Å². The Morgan fingerprint density at radius 2 is 2.00 bits per heavy atom. The van der Waals surface area contributed by atoms with E-state index in [-0.39, 0.29) is 12.6 Å². The van der Waals surface area contributed by atoms with Crippen molar-refractivity contribution in [3.8, 4) is 0 Å². The van der Waals surface area contributed by atoms with Crippen LogP contribution in [0, 0.1) is 0 Å². The molecule has 16 heavy (non-hydrogen) atoms. The standard InChI is InChI=1S/C13H17NO2/c1-4-12(11-8-6-5-7-9-11)14(2,3)10-13(15)16/h4-9,12H,1,10H2,2-3H3. The summed E-state index contributed by atoms with van der Waals surface area (Å²) >= 11 is 0. The minimum Gasteiger partial charge on any atom is -0.544 e. The van der Waals surface area contributed by atoms with Gasteiger partial charge in [-0.2, -0.15) is 0 Å². The van der Waals surface area contributed by atoms with Crippen LogP contribution in [0.4, 0.5) is 0 Å². The highest BCUT2D eigenvalue weighted by molar-refractivity contribution is 5.65. The molecule has 1 atom stereocenters. The maximum Gasteiger partial charge on any atom is 0.133 e. The van der Waals surface area contributed by atoms with Gasteiger partial charge in [0.25, 0.3) is 0 Å². The van der Waals surface area contributed by atoms with E-state index in [0.717, 1.165) is 5.56 Å². The molecular formula is C13H17NO2. The number of carboxylic acids is 1. The van der Waals surface area contributed by atoms with Gasteiger partial charge in [0.05, 0.1) is 20.1 Å². The largest absolute Gasteiger partial charge is 0.544 e. The first-order valence-corrected chi connectivity index (χ1v) is 5.17. The van der Waals surface area contributed by atoms with Crippen molar-refractivity contribution in [2.24, 2.45) is 0 Å². The minimum absolute atomic E-state index is 0.0361. The maximum absolute atomic E-state index is 10.7. The Kier molecular flexibility index (Phi) is 3.85. The van der Waals surface area contributed by atoms with Crippen LogP contribution in [0.25, 0.3) is 0 Å². The lowest BCUT2D eigenvalue weighted by Gasteiger charge is -2.36. The number of nitrogens with zero attached hydrogens (tertiary/aromatic N) is 1. The van der Waals surface area contributed by atoms with E-state index in [0.29, 0.717) is 4.48 Å². The molecule has 0 saturated carbocycles. The Hall–Kier alpha value is -1.61.